The number of hydrogen-bond donors (Lipinski definition) is 2. The Morgan fingerprint density at radius 2 is 2.21 bits per heavy atom. The molecule has 1 aliphatic rings. The van der Waals surface area contributed by atoms with Gasteiger partial charge in [0.1, 0.15) is 5.82 Å². The van der Waals surface area contributed by atoms with Crippen LogP contribution in [-0.2, 0) is 11.8 Å². The number of nitrogens with one attached hydrogen (secondary N) is 2. The number of pyridine rings is 1. The van der Waals surface area contributed by atoms with Gasteiger partial charge in [0, 0.05) is 30.9 Å². The van der Waals surface area contributed by atoms with Crippen LogP contribution in [0, 0.1) is 6.92 Å². The standard InChI is InChI=1S/C19H23N7OS/c1-13-5-6-16(20-10-13)23-19-21-14(12-28-19)15-4-3-8-26(15)11-18(27)22-17-7-9-25(2)24-17/h5-7,9-10,12,15H,3-4,8,11H2,1-2H3,(H,20,21,23)(H,22,24,27). The van der Waals surface area contributed by atoms with Gasteiger partial charge in [-0.1, -0.05) is 6.07 Å². The molecular weight excluding hydrogens is 374 g/mol. The molecular formula is C19H23N7OS. The van der Waals surface area contributed by atoms with Crippen molar-refractivity contribution in [1.82, 2.24) is 24.6 Å². The third kappa shape index (κ3) is 4.37. The molecule has 1 atom stereocenters. The first kappa shape index (κ1) is 18.6. The third-order valence-corrected chi connectivity index (χ3v) is 5.48. The summed E-state index contributed by atoms with van der Waals surface area (Å²) >= 11 is 1.56. The Morgan fingerprint density at radius 3 is 2.96 bits per heavy atom. The molecule has 3 aromatic heterocycles. The second kappa shape index (κ2) is 8.07. The van der Waals surface area contributed by atoms with Gasteiger partial charge in [-0.25, -0.2) is 9.97 Å². The largest absolute Gasteiger partial charge is 0.316 e. The van der Waals surface area contributed by atoms with E-state index in [1.807, 2.05) is 32.3 Å². The number of hydrogen-bond acceptors (Lipinski definition) is 7. The predicted octanol–water partition coefficient (Wildman–Crippen LogP) is 3.10. The minimum absolute atomic E-state index is 0.0527. The molecule has 0 aliphatic carbocycles. The molecule has 0 spiro atoms. The van der Waals surface area contributed by atoms with Crippen molar-refractivity contribution in [1.29, 1.82) is 0 Å². The van der Waals surface area contributed by atoms with Crippen molar-refractivity contribution in [3.8, 4) is 0 Å². The van der Waals surface area contributed by atoms with Gasteiger partial charge in [0.2, 0.25) is 5.91 Å². The number of anilines is 3. The third-order valence-electron chi connectivity index (χ3n) is 4.70. The van der Waals surface area contributed by atoms with Crippen LogP contribution in [-0.4, -0.2) is 43.6 Å². The summed E-state index contributed by atoms with van der Waals surface area (Å²) in [5, 5.41) is 13.2. The number of thiazole rings is 1. The van der Waals surface area contributed by atoms with Crippen LogP contribution in [0.3, 0.4) is 0 Å². The highest BCUT2D eigenvalue weighted by Gasteiger charge is 2.29. The molecule has 28 heavy (non-hydrogen) atoms. The summed E-state index contributed by atoms with van der Waals surface area (Å²) in [6, 6.07) is 5.91. The Kier molecular flexibility index (Phi) is 5.36. The van der Waals surface area contributed by atoms with E-state index in [9.17, 15) is 4.79 Å². The van der Waals surface area contributed by atoms with Crippen LogP contribution < -0.4 is 10.6 Å². The van der Waals surface area contributed by atoms with Crippen LogP contribution in [0.25, 0.3) is 0 Å². The van der Waals surface area contributed by atoms with Crippen molar-refractivity contribution in [2.45, 2.75) is 25.8 Å². The first-order valence-corrected chi connectivity index (χ1v) is 10.1. The fourth-order valence-corrected chi connectivity index (χ4v) is 4.11. The zero-order valence-corrected chi connectivity index (χ0v) is 16.7. The lowest BCUT2D eigenvalue weighted by atomic mass is 10.2. The van der Waals surface area contributed by atoms with Crippen LogP contribution in [0.2, 0.25) is 0 Å². The van der Waals surface area contributed by atoms with Crippen molar-refractivity contribution in [2.24, 2.45) is 7.05 Å². The number of amides is 1. The molecule has 1 fully saturated rings. The van der Waals surface area contributed by atoms with Crippen LogP contribution in [0.5, 0.6) is 0 Å². The van der Waals surface area contributed by atoms with Gasteiger partial charge in [-0.3, -0.25) is 14.4 Å². The molecule has 1 unspecified atom stereocenters. The van der Waals surface area contributed by atoms with Gasteiger partial charge in [-0.05, 0) is 37.9 Å². The van der Waals surface area contributed by atoms with E-state index in [-0.39, 0.29) is 11.9 Å². The maximum absolute atomic E-state index is 12.4. The van der Waals surface area contributed by atoms with Gasteiger partial charge in [0.25, 0.3) is 0 Å². The Bertz CT molecular complexity index is 949. The van der Waals surface area contributed by atoms with Gasteiger partial charge in [0.15, 0.2) is 10.9 Å². The summed E-state index contributed by atoms with van der Waals surface area (Å²) in [6.45, 7) is 3.23. The SMILES string of the molecule is Cc1ccc(Nc2nc(C3CCCN3CC(=O)Nc3ccn(C)n3)cs2)nc1. The van der Waals surface area contributed by atoms with Crippen LogP contribution in [0.1, 0.15) is 30.1 Å². The summed E-state index contributed by atoms with van der Waals surface area (Å²) in [5.74, 6) is 1.31. The molecule has 3 aromatic rings. The van der Waals surface area contributed by atoms with E-state index in [0.717, 1.165) is 41.6 Å². The quantitative estimate of drug-likeness (QED) is 0.665. The number of aryl methyl sites for hydroxylation is 2. The first-order chi connectivity index (χ1) is 13.6. The number of aromatic nitrogens is 4. The summed E-state index contributed by atoms with van der Waals surface area (Å²) in [4.78, 5) is 23.7. The van der Waals surface area contributed by atoms with Gasteiger partial charge in [-0.2, -0.15) is 5.10 Å². The highest BCUT2D eigenvalue weighted by molar-refractivity contribution is 7.13. The minimum atomic E-state index is -0.0527. The molecule has 8 nitrogen and oxygen atoms in total. The van der Waals surface area contributed by atoms with Crippen molar-refractivity contribution >= 4 is 34.0 Å². The van der Waals surface area contributed by atoms with E-state index >= 15 is 0 Å². The second-order valence-electron chi connectivity index (χ2n) is 6.97. The number of carbonyl (C=O) groups is 1. The predicted molar refractivity (Wildman–Crippen MR) is 110 cm³/mol. The molecule has 2 N–H and O–H groups in total. The smallest absolute Gasteiger partial charge is 0.239 e. The Labute approximate surface area is 167 Å². The summed E-state index contributed by atoms with van der Waals surface area (Å²) in [5.41, 5.74) is 2.12. The van der Waals surface area contributed by atoms with E-state index in [2.05, 4.69) is 31.0 Å². The monoisotopic (exact) mass is 397 g/mol. The summed E-state index contributed by atoms with van der Waals surface area (Å²) in [6.07, 6.45) is 5.70. The van der Waals surface area contributed by atoms with Gasteiger partial charge < -0.3 is 10.6 Å². The van der Waals surface area contributed by atoms with Crippen LogP contribution in [0.4, 0.5) is 16.8 Å². The number of nitrogens with zero attached hydrogens (tertiary/aromatic N) is 5. The molecule has 1 aliphatic heterocycles. The zero-order valence-electron chi connectivity index (χ0n) is 15.9. The maximum atomic E-state index is 12.4. The first-order valence-electron chi connectivity index (χ1n) is 9.25. The molecule has 0 radical (unpaired) electrons. The number of carbonyl (C=O) groups excluding carboxylic acids is 1. The van der Waals surface area contributed by atoms with Gasteiger partial charge >= 0.3 is 0 Å². The van der Waals surface area contributed by atoms with Crippen molar-refractivity contribution < 1.29 is 4.79 Å². The highest BCUT2D eigenvalue weighted by atomic mass is 32.1. The second-order valence-corrected chi connectivity index (χ2v) is 7.83. The lowest BCUT2D eigenvalue weighted by Crippen LogP contribution is -2.33. The highest BCUT2D eigenvalue weighted by Crippen LogP contribution is 2.34. The molecule has 0 saturated carbocycles. The van der Waals surface area contributed by atoms with Gasteiger partial charge in [0.05, 0.1) is 18.3 Å². The Balaban J connectivity index is 1.38. The van der Waals surface area contributed by atoms with E-state index < -0.39 is 0 Å². The van der Waals surface area contributed by atoms with E-state index in [0.29, 0.717) is 12.4 Å². The average Bonchev–Trinajstić information content (AvgIpc) is 3.39. The Morgan fingerprint density at radius 1 is 1.32 bits per heavy atom. The molecule has 0 aromatic carbocycles. The number of likely N-dealkylation sites (tertiary alicyclic amines) is 1. The normalized spacial score (nSPS) is 17.0. The zero-order chi connectivity index (χ0) is 19.5. The topological polar surface area (TPSA) is 88.0 Å². The lowest BCUT2D eigenvalue weighted by Gasteiger charge is -2.22. The molecule has 1 saturated heterocycles. The lowest BCUT2D eigenvalue weighted by molar-refractivity contribution is -0.117. The van der Waals surface area contributed by atoms with E-state index in [1.54, 1.807) is 28.3 Å². The minimum Gasteiger partial charge on any atom is -0.316 e. The Hall–Kier alpha value is -2.78. The molecule has 4 heterocycles. The maximum Gasteiger partial charge on any atom is 0.239 e. The fourth-order valence-electron chi connectivity index (χ4n) is 3.35. The molecule has 4 rings (SSSR count). The van der Waals surface area contributed by atoms with Gasteiger partial charge in [-0.15, -0.1) is 11.3 Å². The van der Waals surface area contributed by atoms with Crippen LogP contribution in [0.15, 0.2) is 36.0 Å². The van der Waals surface area contributed by atoms with E-state index in [1.165, 1.54) is 0 Å². The summed E-state index contributed by atoms with van der Waals surface area (Å²) in [7, 11) is 1.83. The van der Waals surface area contributed by atoms with Crippen molar-refractivity contribution in [2.75, 3.05) is 23.7 Å². The fraction of sp³-hybridized carbons (Fsp3) is 0.368. The van der Waals surface area contributed by atoms with E-state index in [4.69, 9.17) is 4.98 Å². The molecule has 146 valence electrons. The molecule has 1 amide bonds. The summed E-state index contributed by atoms with van der Waals surface area (Å²) < 4.78 is 1.67. The van der Waals surface area contributed by atoms with Crippen molar-refractivity contribution in [3.63, 3.8) is 0 Å². The van der Waals surface area contributed by atoms with Crippen LogP contribution >= 0.6 is 11.3 Å². The average molecular weight is 398 g/mol. The van der Waals surface area contributed by atoms with Crippen molar-refractivity contribution in [3.05, 3.63) is 47.2 Å². The number of rotatable bonds is 6. The molecule has 9 heteroatoms. The molecule has 0 bridgehead atoms.